The number of nitrogens with one attached hydrogen (secondary N) is 1. The smallest absolute Gasteiger partial charge is 0.161 e. The predicted molar refractivity (Wildman–Crippen MR) is 61.5 cm³/mol. The number of amidine groups is 1. The molecule has 78 valence electrons. The average Bonchev–Trinajstić information content (AvgIpc) is 2.15. The third-order valence-electron chi connectivity index (χ3n) is 2.26. The molecule has 0 saturated carbocycles. The third-order valence-corrected chi connectivity index (χ3v) is 2.86. The van der Waals surface area contributed by atoms with E-state index in [0.717, 1.165) is 22.9 Å². The topological polar surface area (TPSA) is 41.5 Å². The van der Waals surface area contributed by atoms with Crippen LogP contribution in [-0.2, 0) is 4.79 Å². The number of nitrogens with zero attached hydrogens (tertiary/aromatic N) is 1. The highest BCUT2D eigenvalue weighted by Crippen LogP contribution is 2.21. The van der Waals surface area contributed by atoms with Crippen molar-refractivity contribution >= 4 is 22.7 Å². The normalized spacial score (nSPS) is 21.7. The zero-order valence-electron chi connectivity index (χ0n) is 9.05. The van der Waals surface area contributed by atoms with Gasteiger partial charge >= 0.3 is 0 Å². The van der Waals surface area contributed by atoms with Gasteiger partial charge in [-0.25, -0.2) is 0 Å². The van der Waals surface area contributed by atoms with Gasteiger partial charge in [0.15, 0.2) is 11.0 Å². The average molecular weight is 212 g/mol. The van der Waals surface area contributed by atoms with E-state index in [2.05, 4.69) is 10.3 Å². The second-order valence-corrected chi connectivity index (χ2v) is 4.08. The molecule has 0 radical (unpaired) electrons. The van der Waals surface area contributed by atoms with E-state index in [1.54, 1.807) is 18.7 Å². The minimum Gasteiger partial charge on any atom is -0.338 e. The summed E-state index contributed by atoms with van der Waals surface area (Å²) >= 11 is 1.58. The zero-order chi connectivity index (χ0) is 10.7. The monoisotopic (exact) mass is 212 g/mol. The first-order chi connectivity index (χ1) is 6.60. The number of ketones is 1. The van der Waals surface area contributed by atoms with Gasteiger partial charge in [-0.15, -0.1) is 0 Å². The van der Waals surface area contributed by atoms with Crippen molar-refractivity contribution in [2.75, 3.05) is 6.26 Å². The van der Waals surface area contributed by atoms with Crippen molar-refractivity contribution in [1.82, 2.24) is 5.32 Å². The molecule has 4 heteroatoms. The number of carbonyl (C=O) groups is 1. The Morgan fingerprint density at radius 3 is 2.71 bits per heavy atom. The summed E-state index contributed by atoms with van der Waals surface area (Å²) in [5.74, 6) is 0.116. The van der Waals surface area contributed by atoms with E-state index in [1.165, 1.54) is 0 Å². The first-order valence-corrected chi connectivity index (χ1v) is 5.93. The molecule has 0 spiro atoms. The molecule has 1 aliphatic rings. The highest BCUT2D eigenvalue weighted by atomic mass is 32.2. The maximum atomic E-state index is 11.4. The lowest BCUT2D eigenvalue weighted by Crippen LogP contribution is -2.32. The molecule has 0 aromatic heterocycles. The molecule has 1 aliphatic heterocycles. The van der Waals surface area contributed by atoms with E-state index in [1.807, 2.05) is 20.1 Å². The van der Waals surface area contributed by atoms with Crippen LogP contribution in [0, 0.1) is 0 Å². The van der Waals surface area contributed by atoms with Gasteiger partial charge in [0, 0.05) is 11.3 Å². The molecule has 0 fully saturated rings. The summed E-state index contributed by atoms with van der Waals surface area (Å²) in [6.45, 7) is 5.58. The summed E-state index contributed by atoms with van der Waals surface area (Å²) in [5, 5.41) is 4.04. The molecule has 1 atom stereocenters. The Bertz CT molecular complexity index is 307. The highest BCUT2D eigenvalue weighted by molar-refractivity contribution is 8.13. The van der Waals surface area contributed by atoms with E-state index in [4.69, 9.17) is 0 Å². The minimum atomic E-state index is 0.0381. The molecule has 14 heavy (non-hydrogen) atoms. The number of allylic oxidation sites excluding steroid dienone is 1. The quantitative estimate of drug-likeness (QED) is 0.760. The van der Waals surface area contributed by atoms with Gasteiger partial charge in [0.1, 0.15) is 0 Å². The molecule has 0 amide bonds. The summed E-state index contributed by atoms with van der Waals surface area (Å²) in [5.41, 5.74) is 1.77. The van der Waals surface area contributed by atoms with E-state index in [-0.39, 0.29) is 11.8 Å². The predicted octanol–water partition coefficient (Wildman–Crippen LogP) is 1.95. The summed E-state index contributed by atoms with van der Waals surface area (Å²) in [4.78, 5) is 15.9. The number of hydrogen-bond donors (Lipinski definition) is 1. The van der Waals surface area contributed by atoms with Gasteiger partial charge in [0.2, 0.25) is 0 Å². The molecule has 0 saturated heterocycles. The fourth-order valence-corrected chi connectivity index (χ4v) is 2.10. The van der Waals surface area contributed by atoms with Crippen LogP contribution in [0.2, 0.25) is 0 Å². The van der Waals surface area contributed by atoms with Crippen LogP contribution in [0.25, 0.3) is 0 Å². The molecule has 0 bridgehead atoms. The number of hydrogen-bond acceptors (Lipinski definition) is 4. The number of carbonyl (C=O) groups excluding carboxylic acids is 1. The first kappa shape index (κ1) is 11.3. The van der Waals surface area contributed by atoms with Gasteiger partial charge < -0.3 is 5.32 Å². The Kier molecular flexibility index (Phi) is 3.75. The Hall–Kier alpha value is -0.770. The van der Waals surface area contributed by atoms with Gasteiger partial charge in [-0.2, -0.15) is 0 Å². The van der Waals surface area contributed by atoms with Crippen molar-refractivity contribution in [3.8, 4) is 0 Å². The van der Waals surface area contributed by atoms with Crippen molar-refractivity contribution < 1.29 is 4.79 Å². The van der Waals surface area contributed by atoms with Crippen LogP contribution in [0.3, 0.4) is 0 Å². The zero-order valence-corrected chi connectivity index (χ0v) is 9.86. The molecule has 1 rings (SSSR count). The number of rotatable bonds is 2. The molecule has 0 aliphatic carbocycles. The third kappa shape index (κ3) is 2.18. The van der Waals surface area contributed by atoms with Crippen molar-refractivity contribution in [3.63, 3.8) is 0 Å². The Labute approximate surface area is 89.1 Å². The molecule has 1 N–H and O–H groups in total. The van der Waals surface area contributed by atoms with Crippen LogP contribution in [-0.4, -0.2) is 23.2 Å². The van der Waals surface area contributed by atoms with Crippen LogP contribution in [0.15, 0.2) is 16.3 Å². The van der Waals surface area contributed by atoms with Gasteiger partial charge in [0.25, 0.3) is 0 Å². The van der Waals surface area contributed by atoms with Crippen LogP contribution >= 0.6 is 11.8 Å². The van der Waals surface area contributed by atoms with E-state index < -0.39 is 0 Å². The molecular formula is C10H16N2OS. The van der Waals surface area contributed by atoms with Gasteiger partial charge in [-0.1, -0.05) is 18.7 Å². The molecular weight excluding hydrogens is 196 g/mol. The first-order valence-electron chi connectivity index (χ1n) is 4.70. The van der Waals surface area contributed by atoms with Gasteiger partial charge in [-0.3, -0.25) is 9.79 Å². The summed E-state index contributed by atoms with van der Waals surface area (Å²) in [7, 11) is 0. The van der Waals surface area contributed by atoms with E-state index in [9.17, 15) is 4.79 Å². The summed E-state index contributed by atoms with van der Waals surface area (Å²) < 4.78 is 0. The Balaban J connectivity index is 3.00. The van der Waals surface area contributed by atoms with Crippen LogP contribution in [0.4, 0.5) is 0 Å². The second-order valence-electron chi connectivity index (χ2n) is 3.28. The maximum absolute atomic E-state index is 11.4. The largest absolute Gasteiger partial charge is 0.338 e. The van der Waals surface area contributed by atoms with Crippen LogP contribution < -0.4 is 5.32 Å². The van der Waals surface area contributed by atoms with Crippen molar-refractivity contribution in [1.29, 1.82) is 0 Å². The fraction of sp³-hybridized carbons (Fsp3) is 0.600. The second kappa shape index (κ2) is 4.64. The minimum absolute atomic E-state index is 0.0381. The Morgan fingerprint density at radius 2 is 2.29 bits per heavy atom. The van der Waals surface area contributed by atoms with Crippen LogP contribution in [0.1, 0.15) is 27.2 Å². The lowest BCUT2D eigenvalue weighted by molar-refractivity contribution is -0.113. The van der Waals surface area contributed by atoms with Gasteiger partial charge in [0.05, 0.1) is 6.04 Å². The summed E-state index contributed by atoms with van der Waals surface area (Å²) in [6.07, 6.45) is 2.85. The standard InChI is InChI=1S/C10H16N2OS/c1-5-8-9(7(3)13)6(2)11-10(12-8)14-4/h8H,5H2,1-4H3,(H,11,12)/t8-/m0/s1. The SMILES string of the molecule is CC[C@@H]1N=C(SC)NC(C)=C1C(C)=O. The number of aliphatic imine (C=N–C) groups is 1. The van der Waals surface area contributed by atoms with E-state index in [0.29, 0.717) is 0 Å². The van der Waals surface area contributed by atoms with E-state index >= 15 is 0 Å². The molecule has 0 aromatic rings. The number of thioether (sulfide) groups is 1. The molecule has 0 unspecified atom stereocenters. The van der Waals surface area contributed by atoms with Crippen molar-refractivity contribution in [2.45, 2.75) is 33.2 Å². The van der Waals surface area contributed by atoms with Crippen molar-refractivity contribution in [3.05, 3.63) is 11.3 Å². The number of Topliss-reactive ketones (excluding diaryl/α,β-unsaturated/α-hetero) is 1. The molecule has 1 heterocycles. The Morgan fingerprint density at radius 1 is 1.64 bits per heavy atom. The lowest BCUT2D eigenvalue weighted by atomic mass is 9.99. The lowest BCUT2D eigenvalue weighted by Gasteiger charge is -2.23. The fourth-order valence-electron chi connectivity index (χ4n) is 1.61. The molecule has 0 aromatic carbocycles. The molecule has 3 nitrogen and oxygen atoms in total. The maximum Gasteiger partial charge on any atom is 0.161 e. The summed E-state index contributed by atoms with van der Waals surface area (Å²) in [6, 6.07) is 0.0381. The van der Waals surface area contributed by atoms with Crippen LogP contribution in [0.5, 0.6) is 0 Å². The van der Waals surface area contributed by atoms with Crippen molar-refractivity contribution in [2.24, 2.45) is 4.99 Å². The highest BCUT2D eigenvalue weighted by Gasteiger charge is 2.23. The van der Waals surface area contributed by atoms with Gasteiger partial charge in [-0.05, 0) is 26.5 Å².